The molecule has 1 fully saturated rings. The molecule has 3 amide bonds. The van der Waals surface area contributed by atoms with Gasteiger partial charge in [-0.3, -0.25) is 10.1 Å². The summed E-state index contributed by atoms with van der Waals surface area (Å²) in [5.74, 6) is 0.152. The van der Waals surface area contributed by atoms with Crippen molar-refractivity contribution in [2.45, 2.75) is 38.0 Å². The third-order valence-corrected chi connectivity index (χ3v) is 5.68. The second kappa shape index (κ2) is 9.09. The Kier molecular flexibility index (Phi) is 6.56. The number of anilines is 2. The summed E-state index contributed by atoms with van der Waals surface area (Å²) in [6, 6.07) is 6.73. The number of aromatic nitrogens is 2. The predicted octanol–water partition coefficient (Wildman–Crippen LogP) is 4.11. The summed E-state index contributed by atoms with van der Waals surface area (Å²) in [5.41, 5.74) is 0.668. The van der Waals surface area contributed by atoms with Crippen LogP contribution in [0.4, 0.5) is 15.6 Å². The van der Waals surface area contributed by atoms with Gasteiger partial charge in [0.2, 0.25) is 11.0 Å². The molecule has 1 aliphatic carbocycles. The van der Waals surface area contributed by atoms with Crippen molar-refractivity contribution in [1.29, 1.82) is 0 Å². The Labute approximate surface area is 164 Å². The number of rotatable bonds is 5. The van der Waals surface area contributed by atoms with Crippen LogP contribution in [0.3, 0.4) is 0 Å². The lowest BCUT2D eigenvalue weighted by atomic mass is 9.90. The van der Waals surface area contributed by atoms with Gasteiger partial charge in [-0.15, -0.1) is 10.2 Å². The molecule has 0 spiro atoms. The number of hydrogen-bond acceptors (Lipinski definition) is 5. The number of halogens is 1. The van der Waals surface area contributed by atoms with E-state index in [9.17, 15) is 9.59 Å². The van der Waals surface area contributed by atoms with E-state index in [-0.39, 0.29) is 12.5 Å². The molecule has 138 valence electrons. The first-order valence-electron chi connectivity index (χ1n) is 8.54. The highest BCUT2D eigenvalue weighted by Gasteiger charge is 2.20. The lowest BCUT2D eigenvalue weighted by Crippen LogP contribution is -2.35. The average Bonchev–Trinajstić information content (AvgIpc) is 3.11. The van der Waals surface area contributed by atoms with Crippen LogP contribution in [0.25, 0.3) is 0 Å². The number of nitrogens with one attached hydrogen (secondary N) is 3. The van der Waals surface area contributed by atoms with Crippen LogP contribution < -0.4 is 16.0 Å². The second-order valence-electron chi connectivity index (χ2n) is 6.14. The molecule has 1 aromatic carbocycles. The Bertz CT molecular complexity index is 759. The smallest absolute Gasteiger partial charge is 0.321 e. The SMILES string of the molecule is O=C(CNC(=O)Nc1nnc(C2CCCCC2)s1)Nc1ccc(Br)cc1. The van der Waals surface area contributed by atoms with E-state index in [0.717, 1.165) is 22.3 Å². The van der Waals surface area contributed by atoms with E-state index in [1.165, 1.54) is 30.6 Å². The van der Waals surface area contributed by atoms with Crippen molar-refractivity contribution in [2.75, 3.05) is 17.2 Å². The number of carbonyl (C=O) groups excluding carboxylic acids is 2. The predicted molar refractivity (Wildman–Crippen MR) is 106 cm³/mol. The van der Waals surface area contributed by atoms with Crippen LogP contribution in [0, 0.1) is 0 Å². The van der Waals surface area contributed by atoms with Crippen LogP contribution in [0.2, 0.25) is 0 Å². The Morgan fingerprint density at radius 2 is 1.81 bits per heavy atom. The zero-order chi connectivity index (χ0) is 18.4. The van der Waals surface area contributed by atoms with E-state index in [1.807, 2.05) is 12.1 Å². The molecule has 1 aromatic heterocycles. The molecular weight excluding hydrogens is 418 g/mol. The maximum Gasteiger partial charge on any atom is 0.321 e. The van der Waals surface area contributed by atoms with Gasteiger partial charge in [-0.1, -0.05) is 46.5 Å². The summed E-state index contributed by atoms with van der Waals surface area (Å²) >= 11 is 4.74. The van der Waals surface area contributed by atoms with Gasteiger partial charge in [0.15, 0.2) is 0 Å². The van der Waals surface area contributed by atoms with Crippen molar-refractivity contribution in [3.05, 3.63) is 33.7 Å². The van der Waals surface area contributed by atoms with E-state index < -0.39 is 6.03 Å². The quantitative estimate of drug-likeness (QED) is 0.655. The molecule has 9 heteroatoms. The summed E-state index contributed by atoms with van der Waals surface area (Å²) in [7, 11) is 0. The van der Waals surface area contributed by atoms with Crippen molar-refractivity contribution >= 4 is 50.0 Å². The molecule has 3 N–H and O–H groups in total. The standard InChI is InChI=1S/C17H20BrN5O2S/c18-12-6-8-13(9-7-12)20-14(24)10-19-16(25)21-17-23-22-15(26-17)11-4-2-1-3-5-11/h6-9,11H,1-5,10H2,(H,20,24)(H2,19,21,23,25). The number of benzene rings is 1. The van der Waals surface area contributed by atoms with Gasteiger partial charge >= 0.3 is 6.03 Å². The van der Waals surface area contributed by atoms with Crippen LogP contribution in [0.15, 0.2) is 28.7 Å². The van der Waals surface area contributed by atoms with Gasteiger partial charge in [0.05, 0.1) is 6.54 Å². The number of urea groups is 1. The Balaban J connectivity index is 1.43. The van der Waals surface area contributed by atoms with Gasteiger partial charge in [0.1, 0.15) is 5.01 Å². The lowest BCUT2D eigenvalue weighted by molar-refractivity contribution is -0.115. The van der Waals surface area contributed by atoms with Crippen molar-refractivity contribution in [2.24, 2.45) is 0 Å². The van der Waals surface area contributed by atoms with Gasteiger partial charge in [0.25, 0.3) is 0 Å². The van der Waals surface area contributed by atoms with Crippen LogP contribution in [-0.2, 0) is 4.79 Å². The lowest BCUT2D eigenvalue weighted by Gasteiger charge is -2.18. The third kappa shape index (κ3) is 5.50. The van der Waals surface area contributed by atoms with Crippen molar-refractivity contribution < 1.29 is 9.59 Å². The van der Waals surface area contributed by atoms with Gasteiger partial charge in [-0.05, 0) is 37.1 Å². The fourth-order valence-corrected chi connectivity index (χ4v) is 4.01. The summed E-state index contributed by atoms with van der Waals surface area (Å²) in [6.07, 6.45) is 6.00. The molecule has 3 rings (SSSR count). The molecule has 0 bridgehead atoms. The molecule has 0 aliphatic heterocycles. The maximum atomic E-state index is 11.9. The first-order valence-corrected chi connectivity index (χ1v) is 10.1. The molecule has 0 radical (unpaired) electrons. The van der Waals surface area contributed by atoms with E-state index in [1.54, 1.807) is 12.1 Å². The third-order valence-electron chi connectivity index (χ3n) is 4.15. The molecule has 1 heterocycles. The highest BCUT2D eigenvalue weighted by atomic mass is 79.9. The molecule has 7 nitrogen and oxygen atoms in total. The van der Waals surface area contributed by atoms with Gasteiger partial charge in [0, 0.05) is 16.1 Å². The zero-order valence-corrected chi connectivity index (χ0v) is 16.5. The fourth-order valence-electron chi connectivity index (χ4n) is 2.84. The Hall–Kier alpha value is -2.00. The average molecular weight is 438 g/mol. The first kappa shape index (κ1) is 18.8. The van der Waals surface area contributed by atoms with Crippen LogP contribution in [-0.4, -0.2) is 28.7 Å². The van der Waals surface area contributed by atoms with Gasteiger partial charge in [-0.2, -0.15) is 0 Å². The highest BCUT2D eigenvalue weighted by molar-refractivity contribution is 9.10. The summed E-state index contributed by atoms with van der Waals surface area (Å²) in [5, 5.41) is 17.5. The van der Waals surface area contributed by atoms with Gasteiger partial charge < -0.3 is 10.6 Å². The topological polar surface area (TPSA) is 96.0 Å². The summed E-state index contributed by atoms with van der Waals surface area (Å²) in [6.45, 7) is -0.129. The maximum absolute atomic E-state index is 11.9. The molecule has 0 saturated heterocycles. The van der Waals surface area contributed by atoms with E-state index in [0.29, 0.717) is 16.7 Å². The molecule has 0 atom stereocenters. The molecule has 2 aromatic rings. The first-order chi connectivity index (χ1) is 12.6. The van der Waals surface area contributed by atoms with Crippen molar-refractivity contribution in [1.82, 2.24) is 15.5 Å². The fraction of sp³-hybridized carbons (Fsp3) is 0.412. The minimum atomic E-state index is -0.470. The van der Waals surface area contributed by atoms with E-state index in [4.69, 9.17) is 0 Å². The van der Waals surface area contributed by atoms with Crippen LogP contribution in [0.5, 0.6) is 0 Å². The minimum absolute atomic E-state index is 0.129. The van der Waals surface area contributed by atoms with E-state index in [2.05, 4.69) is 42.1 Å². The number of carbonyl (C=O) groups is 2. The molecular formula is C17H20BrN5O2S. The molecule has 0 unspecified atom stereocenters. The zero-order valence-electron chi connectivity index (χ0n) is 14.1. The molecule has 26 heavy (non-hydrogen) atoms. The largest absolute Gasteiger partial charge is 0.329 e. The Morgan fingerprint density at radius 1 is 1.08 bits per heavy atom. The summed E-state index contributed by atoms with van der Waals surface area (Å²) < 4.78 is 0.928. The van der Waals surface area contributed by atoms with Gasteiger partial charge in [-0.25, -0.2) is 4.79 Å². The number of amides is 3. The van der Waals surface area contributed by atoms with Crippen molar-refractivity contribution in [3.63, 3.8) is 0 Å². The van der Waals surface area contributed by atoms with E-state index >= 15 is 0 Å². The minimum Gasteiger partial charge on any atom is -0.329 e. The van der Waals surface area contributed by atoms with Crippen LogP contribution >= 0.6 is 27.3 Å². The van der Waals surface area contributed by atoms with Crippen LogP contribution in [0.1, 0.15) is 43.0 Å². The normalized spacial score (nSPS) is 14.7. The molecule has 1 aliphatic rings. The monoisotopic (exact) mass is 437 g/mol. The summed E-state index contributed by atoms with van der Waals surface area (Å²) in [4.78, 5) is 23.8. The highest BCUT2D eigenvalue weighted by Crippen LogP contribution is 2.35. The number of nitrogens with zero attached hydrogens (tertiary/aromatic N) is 2. The number of hydrogen-bond donors (Lipinski definition) is 3. The Morgan fingerprint density at radius 3 is 2.54 bits per heavy atom. The molecule has 1 saturated carbocycles. The second-order valence-corrected chi connectivity index (χ2v) is 8.07. The van der Waals surface area contributed by atoms with Crippen molar-refractivity contribution in [3.8, 4) is 0 Å².